The molecular weight excluding hydrogens is 879 g/mol. The summed E-state index contributed by atoms with van der Waals surface area (Å²) in [6.07, 6.45) is 73.1. The van der Waals surface area contributed by atoms with Crippen LogP contribution in [0.25, 0.3) is 0 Å². The Morgan fingerprint density at radius 2 is 0.623 bits per heavy atom. The van der Waals surface area contributed by atoms with Crippen LogP contribution < -0.4 is 0 Å². The van der Waals surface area contributed by atoms with E-state index in [1.165, 1.54) is 255 Å². The second-order valence-corrected chi connectivity index (χ2v) is 20.8. The van der Waals surface area contributed by atoms with E-state index in [0.29, 0.717) is 0 Å². The molecule has 0 spiro atoms. The molecule has 0 aromatic heterocycles. The SMILES string of the molecule is CCCCCCCCCCCCCCCCCCC/C=C/CCCc1ccccc1N=CC(CCCC)=Nc1ccccc1CCC/C=C/CCCCCCCCCCCCCCCCCCC.[Ni]. The van der Waals surface area contributed by atoms with Crippen LogP contribution in [0, 0.1) is 0 Å². The maximum Gasteiger partial charge on any atom is 0.0665 e. The van der Waals surface area contributed by atoms with Crippen LogP contribution in [0.15, 0.2) is 82.8 Å². The standard InChI is InChI=1S/C66H112N2.Ni/c1-4-7-10-12-14-16-18-20-22-24-26-28-30-32-34-36-38-40-42-44-46-48-54-62-56-50-52-59-65(62)67-61-64(58-9-6-3)68-66-60-53-51-57-63(66)55-49-47-45-43-41-39-37-35-33-31-29-27-25-23-21-19-17-15-13-11-8-5-2;/h42-45,50-53,56-57,59-61H,4-41,46-49,54-55,58H2,1-3H3;/b44-42+,45-43+,67-61?,68-64?;. The zero-order valence-electron chi connectivity index (χ0n) is 46.0. The second-order valence-electron chi connectivity index (χ2n) is 20.8. The van der Waals surface area contributed by atoms with Gasteiger partial charge in [0.15, 0.2) is 0 Å². The number of para-hydroxylation sites is 2. The van der Waals surface area contributed by atoms with E-state index < -0.39 is 0 Å². The van der Waals surface area contributed by atoms with E-state index in [1.54, 1.807) is 0 Å². The summed E-state index contributed by atoms with van der Waals surface area (Å²) >= 11 is 0. The second kappa shape index (κ2) is 52.1. The molecule has 0 saturated carbocycles. The van der Waals surface area contributed by atoms with Crippen molar-refractivity contribution in [3.63, 3.8) is 0 Å². The van der Waals surface area contributed by atoms with E-state index in [4.69, 9.17) is 9.98 Å². The molecule has 0 saturated heterocycles. The number of hydrogen-bond acceptors (Lipinski definition) is 2. The van der Waals surface area contributed by atoms with Gasteiger partial charge in [-0.3, -0.25) is 9.98 Å². The van der Waals surface area contributed by atoms with Gasteiger partial charge in [-0.15, -0.1) is 0 Å². The smallest absolute Gasteiger partial charge is 0.0665 e. The minimum Gasteiger partial charge on any atom is -0.255 e. The van der Waals surface area contributed by atoms with Crippen LogP contribution in [0.1, 0.15) is 308 Å². The van der Waals surface area contributed by atoms with Gasteiger partial charge >= 0.3 is 0 Å². The average molecular weight is 992 g/mol. The van der Waals surface area contributed by atoms with Gasteiger partial charge in [0, 0.05) is 22.7 Å². The van der Waals surface area contributed by atoms with Crippen LogP contribution in [0.5, 0.6) is 0 Å². The van der Waals surface area contributed by atoms with Crippen molar-refractivity contribution >= 4 is 23.3 Å². The molecule has 0 fully saturated rings. The van der Waals surface area contributed by atoms with Gasteiger partial charge in [-0.1, -0.05) is 293 Å². The van der Waals surface area contributed by atoms with E-state index in [1.807, 2.05) is 0 Å². The van der Waals surface area contributed by atoms with Crippen LogP contribution in [-0.4, -0.2) is 11.9 Å². The van der Waals surface area contributed by atoms with Crippen molar-refractivity contribution in [2.45, 2.75) is 310 Å². The first kappa shape index (κ1) is 64.8. The summed E-state index contributed by atoms with van der Waals surface area (Å²) in [6.45, 7) is 6.88. The molecule has 0 atom stereocenters. The Morgan fingerprint density at radius 1 is 0.333 bits per heavy atom. The zero-order chi connectivity index (χ0) is 48.3. The minimum absolute atomic E-state index is 0. The molecule has 2 aromatic rings. The summed E-state index contributed by atoms with van der Waals surface area (Å²) in [4.78, 5) is 10.3. The molecule has 0 aliphatic rings. The van der Waals surface area contributed by atoms with E-state index >= 15 is 0 Å². The van der Waals surface area contributed by atoms with Crippen LogP contribution in [0.2, 0.25) is 0 Å². The van der Waals surface area contributed by atoms with E-state index in [0.717, 1.165) is 62.0 Å². The first-order valence-electron chi connectivity index (χ1n) is 30.4. The first-order valence-corrected chi connectivity index (χ1v) is 30.4. The van der Waals surface area contributed by atoms with E-state index in [-0.39, 0.29) is 16.5 Å². The van der Waals surface area contributed by atoms with Crippen LogP contribution in [-0.2, 0) is 29.3 Å². The van der Waals surface area contributed by atoms with Gasteiger partial charge in [0.1, 0.15) is 0 Å². The fourth-order valence-electron chi connectivity index (χ4n) is 9.75. The Balaban J connectivity index is 0.0000238. The van der Waals surface area contributed by atoms with Crippen LogP contribution >= 0.6 is 0 Å². The van der Waals surface area contributed by atoms with Gasteiger partial charge in [0.2, 0.25) is 0 Å². The number of hydrogen-bond donors (Lipinski definition) is 0. The number of aliphatic imine (C=N–C) groups is 2. The van der Waals surface area contributed by atoms with Crippen molar-refractivity contribution < 1.29 is 16.5 Å². The molecule has 2 aromatic carbocycles. The van der Waals surface area contributed by atoms with Crippen molar-refractivity contribution in [2.75, 3.05) is 0 Å². The topological polar surface area (TPSA) is 24.7 Å². The molecule has 0 radical (unpaired) electrons. The molecule has 0 unspecified atom stereocenters. The van der Waals surface area contributed by atoms with Gasteiger partial charge < -0.3 is 0 Å². The third-order valence-corrected chi connectivity index (χ3v) is 14.3. The molecule has 3 heteroatoms. The first-order chi connectivity index (χ1) is 33.8. The van der Waals surface area contributed by atoms with Crippen LogP contribution in [0.4, 0.5) is 11.4 Å². The van der Waals surface area contributed by atoms with Crippen molar-refractivity contribution in [2.24, 2.45) is 9.98 Å². The quantitative estimate of drug-likeness (QED) is 0.0273. The fraction of sp³-hybridized carbons (Fsp3) is 0.727. The average Bonchev–Trinajstić information content (AvgIpc) is 3.36. The van der Waals surface area contributed by atoms with Gasteiger partial charge in [0.05, 0.1) is 17.1 Å². The third kappa shape index (κ3) is 41.0. The van der Waals surface area contributed by atoms with Crippen LogP contribution in [0.3, 0.4) is 0 Å². The van der Waals surface area contributed by atoms with Crippen molar-refractivity contribution in [3.8, 4) is 0 Å². The van der Waals surface area contributed by atoms with E-state index in [9.17, 15) is 0 Å². The summed E-state index contributed by atoms with van der Waals surface area (Å²) in [5, 5.41) is 0. The van der Waals surface area contributed by atoms with Gasteiger partial charge in [0.25, 0.3) is 0 Å². The molecule has 2 rings (SSSR count). The number of nitrogens with zero attached hydrogens (tertiary/aromatic N) is 2. The predicted octanol–water partition coefficient (Wildman–Crippen LogP) is 23.2. The van der Waals surface area contributed by atoms with Gasteiger partial charge in [-0.05, 0) is 100 Å². The Kier molecular flexibility index (Phi) is 48.9. The monoisotopic (exact) mass is 991 g/mol. The largest absolute Gasteiger partial charge is 0.255 e. The number of benzene rings is 2. The summed E-state index contributed by atoms with van der Waals surface area (Å²) < 4.78 is 0. The molecular formula is C66H112N2Ni. The Labute approximate surface area is 441 Å². The predicted molar refractivity (Wildman–Crippen MR) is 309 cm³/mol. The van der Waals surface area contributed by atoms with Crippen molar-refractivity contribution in [1.29, 1.82) is 0 Å². The molecule has 0 heterocycles. The number of rotatable bonds is 50. The zero-order valence-corrected chi connectivity index (χ0v) is 47.0. The molecule has 0 N–H and O–H groups in total. The minimum atomic E-state index is 0. The molecule has 2 nitrogen and oxygen atoms in total. The normalized spacial score (nSPS) is 12.1. The van der Waals surface area contributed by atoms with E-state index in [2.05, 4.69) is 99.8 Å². The molecule has 0 bridgehead atoms. The van der Waals surface area contributed by atoms with Gasteiger partial charge in [-0.2, -0.15) is 0 Å². The Hall–Kier alpha value is -2.25. The molecule has 0 aliphatic carbocycles. The number of allylic oxidation sites excluding steroid dienone is 4. The summed E-state index contributed by atoms with van der Waals surface area (Å²) in [7, 11) is 0. The fourth-order valence-corrected chi connectivity index (χ4v) is 9.75. The maximum absolute atomic E-state index is 5.25. The number of aryl methyl sites for hydroxylation is 2. The third-order valence-electron chi connectivity index (χ3n) is 14.3. The molecule has 0 aliphatic heterocycles. The molecule has 69 heavy (non-hydrogen) atoms. The summed E-state index contributed by atoms with van der Waals surface area (Å²) in [5.74, 6) is 0. The Bertz CT molecular complexity index is 1490. The summed E-state index contributed by atoms with van der Waals surface area (Å²) in [6, 6.07) is 17.5. The summed E-state index contributed by atoms with van der Waals surface area (Å²) in [5.41, 5.74) is 6.01. The van der Waals surface area contributed by atoms with Crippen molar-refractivity contribution in [3.05, 3.63) is 84.0 Å². The molecule has 396 valence electrons. The molecule has 0 amide bonds. The maximum atomic E-state index is 5.25. The van der Waals surface area contributed by atoms with Crippen molar-refractivity contribution in [1.82, 2.24) is 0 Å². The Morgan fingerprint density at radius 3 is 0.986 bits per heavy atom. The van der Waals surface area contributed by atoms with Gasteiger partial charge in [-0.25, -0.2) is 0 Å². The number of unbranched alkanes of at least 4 members (excludes halogenated alkanes) is 37.